The van der Waals surface area contributed by atoms with Crippen LogP contribution >= 0.6 is 15.9 Å². The summed E-state index contributed by atoms with van der Waals surface area (Å²) in [6.45, 7) is 5.53. The second kappa shape index (κ2) is 8.32. The first-order chi connectivity index (χ1) is 14.0. The molecule has 3 aromatic rings. The molecule has 150 valence electrons. The molecule has 1 N–H and O–H groups in total. The van der Waals surface area contributed by atoms with Gasteiger partial charge in [-0.3, -0.25) is 4.79 Å². The molecule has 29 heavy (non-hydrogen) atoms. The van der Waals surface area contributed by atoms with Gasteiger partial charge in [-0.1, -0.05) is 15.9 Å². The zero-order valence-corrected chi connectivity index (χ0v) is 18.1. The highest BCUT2D eigenvalue weighted by molar-refractivity contribution is 9.10. The van der Waals surface area contributed by atoms with E-state index in [1.807, 2.05) is 56.3 Å². The maximum atomic E-state index is 12.6. The average molecular weight is 455 g/mol. The van der Waals surface area contributed by atoms with E-state index in [9.17, 15) is 4.79 Å². The number of rotatable bonds is 4. The molecule has 1 aliphatic rings. The summed E-state index contributed by atoms with van der Waals surface area (Å²) in [7, 11) is 0. The fourth-order valence-electron chi connectivity index (χ4n) is 3.61. The largest absolute Gasteiger partial charge is 0.355 e. The van der Waals surface area contributed by atoms with Crippen LogP contribution in [-0.4, -0.2) is 39.0 Å². The van der Waals surface area contributed by atoms with Crippen LogP contribution < -0.4 is 10.2 Å². The lowest BCUT2D eigenvalue weighted by atomic mass is 9.96. The van der Waals surface area contributed by atoms with Crippen LogP contribution in [0.5, 0.6) is 0 Å². The normalized spacial score (nSPS) is 14.8. The van der Waals surface area contributed by atoms with Gasteiger partial charge >= 0.3 is 0 Å². The Hall–Kier alpha value is -2.74. The van der Waals surface area contributed by atoms with Crippen molar-refractivity contribution in [2.24, 2.45) is 5.92 Å². The topological polar surface area (TPSA) is 75.9 Å². The third kappa shape index (κ3) is 4.48. The molecule has 0 saturated carbocycles. The molecule has 0 bridgehead atoms. The van der Waals surface area contributed by atoms with Crippen LogP contribution in [0.3, 0.4) is 0 Å². The number of piperidine rings is 1. The van der Waals surface area contributed by atoms with Gasteiger partial charge < -0.3 is 10.2 Å². The van der Waals surface area contributed by atoms with Crippen molar-refractivity contribution in [1.29, 1.82) is 0 Å². The molecule has 1 aliphatic heterocycles. The number of nitrogens with one attached hydrogen (secondary N) is 1. The van der Waals surface area contributed by atoms with Gasteiger partial charge in [0.15, 0.2) is 11.6 Å². The first kappa shape index (κ1) is 19.6. The second-order valence-electron chi connectivity index (χ2n) is 7.35. The fraction of sp³-hybridized carbons (Fsp3) is 0.333. The van der Waals surface area contributed by atoms with E-state index < -0.39 is 0 Å². The molecule has 7 nitrogen and oxygen atoms in total. The number of aromatic nitrogens is 4. The number of amides is 1. The van der Waals surface area contributed by atoms with Gasteiger partial charge in [0.1, 0.15) is 0 Å². The summed E-state index contributed by atoms with van der Waals surface area (Å²) in [5.74, 6) is 1.64. The minimum atomic E-state index is 0.0110. The van der Waals surface area contributed by atoms with Crippen LogP contribution in [0, 0.1) is 19.8 Å². The molecule has 2 aromatic heterocycles. The molecule has 8 heteroatoms. The molecule has 1 fully saturated rings. The monoisotopic (exact) mass is 454 g/mol. The van der Waals surface area contributed by atoms with Gasteiger partial charge in [-0.2, -0.15) is 5.10 Å². The number of nitrogens with zero attached hydrogens (tertiary/aromatic N) is 5. The summed E-state index contributed by atoms with van der Waals surface area (Å²) in [5, 5.41) is 16.2. The van der Waals surface area contributed by atoms with Gasteiger partial charge in [0.25, 0.3) is 0 Å². The Balaban J connectivity index is 1.35. The number of hydrogen-bond acceptors (Lipinski definition) is 5. The van der Waals surface area contributed by atoms with Crippen LogP contribution in [0.15, 0.2) is 46.9 Å². The summed E-state index contributed by atoms with van der Waals surface area (Å²) in [6, 6.07) is 13.6. The molecule has 4 rings (SSSR count). The minimum absolute atomic E-state index is 0.0110. The Kier molecular flexibility index (Phi) is 5.62. The highest BCUT2D eigenvalue weighted by Gasteiger charge is 2.26. The van der Waals surface area contributed by atoms with Crippen molar-refractivity contribution in [3.8, 4) is 5.82 Å². The lowest BCUT2D eigenvalue weighted by molar-refractivity contribution is -0.120. The maximum absolute atomic E-state index is 12.6. The molecular weight excluding hydrogens is 432 g/mol. The zero-order valence-electron chi connectivity index (χ0n) is 16.5. The van der Waals surface area contributed by atoms with Gasteiger partial charge in [-0.15, -0.1) is 10.2 Å². The minimum Gasteiger partial charge on any atom is -0.355 e. The predicted octanol–water partition coefficient (Wildman–Crippen LogP) is 3.90. The molecular formula is C21H23BrN6O. The Morgan fingerprint density at radius 2 is 1.69 bits per heavy atom. The van der Waals surface area contributed by atoms with Crippen molar-refractivity contribution in [2.45, 2.75) is 26.7 Å². The van der Waals surface area contributed by atoms with E-state index in [1.165, 1.54) is 0 Å². The van der Waals surface area contributed by atoms with Gasteiger partial charge in [0, 0.05) is 34.9 Å². The SMILES string of the molecule is Cc1cc(C)n(-c2ccc(N3CCC(C(=O)Nc4ccc(Br)cc4)CC3)nn2)n1. The highest BCUT2D eigenvalue weighted by Crippen LogP contribution is 2.24. The van der Waals surface area contributed by atoms with Gasteiger partial charge in [-0.25, -0.2) is 4.68 Å². The lowest BCUT2D eigenvalue weighted by Crippen LogP contribution is -2.38. The number of aryl methyl sites for hydroxylation is 2. The average Bonchev–Trinajstić information content (AvgIpc) is 3.08. The number of hydrogen-bond donors (Lipinski definition) is 1. The Morgan fingerprint density at radius 3 is 2.28 bits per heavy atom. The molecule has 3 heterocycles. The van der Waals surface area contributed by atoms with E-state index in [-0.39, 0.29) is 11.8 Å². The second-order valence-corrected chi connectivity index (χ2v) is 8.26. The van der Waals surface area contributed by atoms with E-state index in [0.29, 0.717) is 5.82 Å². The molecule has 0 spiro atoms. The summed E-state index contributed by atoms with van der Waals surface area (Å²) >= 11 is 3.41. The van der Waals surface area contributed by atoms with E-state index >= 15 is 0 Å². The van der Waals surface area contributed by atoms with Crippen molar-refractivity contribution in [3.05, 3.63) is 58.3 Å². The molecule has 0 atom stereocenters. The summed E-state index contributed by atoms with van der Waals surface area (Å²) in [6.07, 6.45) is 1.59. The van der Waals surface area contributed by atoms with Crippen molar-refractivity contribution in [2.75, 3.05) is 23.3 Å². The molecule has 1 amide bonds. The van der Waals surface area contributed by atoms with Crippen LogP contribution in [0.1, 0.15) is 24.2 Å². The quantitative estimate of drug-likeness (QED) is 0.646. The number of halogens is 1. The van der Waals surface area contributed by atoms with Gasteiger partial charge in [0.05, 0.1) is 5.69 Å². The maximum Gasteiger partial charge on any atom is 0.227 e. The molecule has 1 aromatic carbocycles. The number of carbonyl (C=O) groups excluding carboxylic acids is 1. The molecule has 1 saturated heterocycles. The van der Waals surface area contributed by atoms with Crippen LogP contribution in [-0.2, 0) is 4.79 Å². The van der Waals surface area contributed by atoms with Crippen molar-refractivity contribution < 1.29 is 4.79 Å². The Morgan fingerprint density at radius 1 is 1.03 bits per heavy atom. The zero-order chi connectivity index (χ0) is 20.4. The van der Waals surface area contributed by atoms with Crippen molar-refractivity contribution >= 4 is 33.3 Å². The lowest BCUT2D eigenvalue weighted by Gasteiger charge is -2.31. The smallest absolute Gasteiger partial charge is 0.227 e. The fourth-order valence-corrected chi connectivity index (χ4v) is 3.87. The van der Waals surface area contributed by atoms with Crippen molar-refractivity contribution in [1.82, 2.24) is 20.0 Å². The van der Waals surface area contributed by atoms with E-state index in [0.717, 1.165) is 53.3 Å². The predicted molar refractivity (Wildman–Crippen MR) is 116 cm³/mol. The number of benzene rings is 1. The third-order valence-corrected chi connectivity index (χ3v) is 5.69. The van der Waals surface area contributed by atoms with Crippen LogP contribution in [0.4, 0.5) is 11.5 Å². The number of carbonyl (C=O) groups is 1. The van der Waals surface area contributed by atoms with E-state index in [2.05, 4.69) is 41.4 Å². The van der Waals surface area contributed by atoms with E-state index in [4.69, 9.17) is 0 Å². The third-order valence-electron chi connectivity index (χ3n) is 5.16. The Labute approximate surface area is 178 Å². The summed E-state index contributed by atoms with van der Waals surface area (Å²) in [5.41, 5.74) is 2.81. The van der Waals surface area contributed by atoms with Crippen molar-refractivity contribution in [3.63, 3.8) is 0 Å². The van der Waals surface area contributed by atoms with Gasteiger partial charge in [0.2, 0.25) is 5.91 Å². The van der Waals surface area contributed by atoms with Crippen LogP contribution in [0.25, 0.3) is 5.82 Å². The van der Waals surface area contributed by atoms with E-state index in [1.54, 1.807) is 4.68 Å². The van der Waals surface area contributed by atoms with Gasteiger partial charge in [-0.05, 0) is 69.2 Å². The summed E-state index contributed by atoms with van der Waals surface area (Å²) < 4.78 is 2.79. The standard InChI is InChI=1S/C21H23BrN6O/c1-14-13-15(2)28(26-14)20-8-7-19(24-25-20)27-11-9-16(10-12-27)21(29)23-18-5-3-17(22)4-6-18/h3-8,13,16H,9-12H2,1-2H3,(H,23,29). The first-order valence-corrected chi connectivity index (χ1v) is 10.5. The molecule has 0 radical (unpaired) electrons. The Bertz CT molecular complexity index is 991. The molecule has 0 unspecified atom stereocenters. The summed E-state index contributed by atoms with van der Waals surface area (Å²) in [4.78, 5) is 14.7. The molecule has 0 aliphatic carbocycles. The number of anilines is 2. The van der Waals surface area contributed by atoms with Crippen LogP contribution in [0.2, 0.25) is 0 Å². The first-order valence-electron chi connectivity index (χ1n) is 9.68. The highest BCUT2D eigenvalue weighted by atomic mass is 79.9.